The van der Waals surface area contributed by atoms with Gasteiger partial charge in [-0.05, 0) is 27.7 Å². The third kappa shape index (κ3) is 5.98. The van der Waals surface area contributed by atoms with Crippen LogP contribution in [0.25, 0.3) is 0 Å². The molecule has 0 aliphatic heterocycles. The largest absolute Gasteiger partial charge is 0.444 e. The molecular weight excluding hydrogens is 298 g/mol. The van der Waals surface area contributed by atoms with Crippen molar-refractivity contribution in [2.45, 2.75) is 39.3 Å². The minimum absolute atomic E-state index is 0.357. The number of nitriles is 1. The molecule has 1 aromatic rings. The fraction of sp³-hybridized carbons (Fsp3) is 0.600. The first-order valence-corrected chi connectivity index (χ1v) is 7.30. The minimum Gasteiger partial charge on any atom is -0.444 e. The van der Waals surface area contributed by atoms with E-state index in [0.29, 0.717) is 18.8 Å². The molecule has 0 fully saturated rings. The highest BCUT2D eigenvalue weighted by molar-refractivity contribution is 5.67. The van der Waals surface area contributed by atoms with Crippen LogP contribution in [0.3, 0.4) is 0 Å². The molecule has 1 atom stereocenters. The summed E-state index contributed by atoms with van der Waals surface area (Å²) in [6.07, 6.45) is 1.07. The molecule has 0 saturated heterocycles. The zero-order valence-corrected chi connectivity index (χ0v) is 14.2. The topological polar surface area (TPSA) is 100 Å². The molecular formula is C15H23N5O3. The molecule has 8 nitrogen and oxygen atoms in total. The van der Waals surface area contributed by atoms with Crippen molar-refractivity contribution in [3.63, 3.8) is 0 Å². The second-order valence-corrected chi connectivity index (χ2v) is 6.16. The average molecular weight is 321 g/mol. The molecule has 1 heterocycles. The number of amides is 1. The lowest BCUT2D eigenvalue weighted by molar-refractivity contribution is 0.0305. The quantitative estimate of drug-likeness (QED) is 0.884. The van der Waals surface area contributed by atoms with Gasteiger partial charge in [0.15, 0.2) is 0 Å². The van der Waals surface area contributed by atoms with Crippen molar-refractivity contribution in [1.82, 2.24) is 14.7 Å². The number of anilines is 1. The van der Waals surface area contributed by atoms with Gasteiger partial charge in [-0.25, -0.2) is 9.48 Å². The van der Waals surface area contributed by atoms with Gasteiger partial charge >= 0.3 is 6.09 Å². The van der Waals surface area contributed by atoms with Gasteiger partial charge in [0.05, 0.1) is 18.0 Å². The Morgan fingerprint density at radius 1 is 1.57 bits per heavy atom. The van der Waals surface area contributed by atoms with Gasteiger partial charge in [0, 0.05) is 26.2 Å². The Hall–Kier alpha value is -2.56. The number of nitrogens with zero attached hydrogens (tertiary/aromatic N) is 4. The minimum atomic E-state index is -0.616. The molecule has 0 radical (unpaired) electrons. The number of likely N-dealkylation sites (N-methyl/N-ethyl adjacent to an activating group) is 1. The first-order valence-electron chi connectivity index (χ1n) is 7.30. The number of nitrogens with one attached hydrogen (secondary N) is 1. The van der Waals surface area contributed by atoms with Crippen molar-refractivity contribution in [2.75, 3.05) is 25.5 Å². The SMILES string of the molecule is CC(C#N)n1ncc(NCCN(C)C(=O)OC(C)(C)C)cc1=O. The van der Waals surface area contributed by atoms with Gasteiger partial charge in [-0.2, -0.15) is 10.4 Å². The van der Waals surface area contributed by atoms with Crippen LogP contribution in [0, 0.1) is 11.3 Å². The molecule has 0 aliphatic carbocycles. The van der Waals surface area contributed by atoms with Crippen LogP contribution < -0.4 is 10.9 Å². The number of ether oxygens (including phenoxy) is 1. The fourth-order valence-electron chi connectivity index (χ4n) is 1.66. The molecule has 1 rings (SSSR count). The predicted molar refractivity (Wildman–Crippen MR) is 86.2 cm³/mol. The maximum absolute atomic E-state index is 11.8. The van der Waals surface area contributed by atoms with Crippen molar-refractivity contribution in [3.8, 4) is 6.07 Å². The van der Waals surface area contributed by atoms with E-state index in [2.05, 4.69) is 10.4 Å². The Bertz CT molecular complexity index is 642. The van der Waals surface area contributed by atoms with Gasteiger partial charge in [0.1, 0.15) is 11.6 Å². The fourth-order valence-corrected chi connectivity index (χ4v) is 1.66. The smallest absolute Gasteiger partial charge is 0.410 e. The summed E-state index contributed by atoms with van der Waals surface area (Å²) in [7, 11) is 1.64. The normalized spacial score (nSPS) is 12.2. The second kappa shape index (κ2) is 7.63. The van der Waals surface area contributed by atoms with E-state index in [9.17, 15) is 9.59 Å². The van der Waals surface area contributed by atoms with Crippen LogP contribution in [0.15, 0.2) is 17.1 Å². The summed E-state index contributed by atoms with van der Waals surface area (Å²) in [4.78, 5) is 25.1. The molecule has 1 N–H and O–H groups in total. The number of carbonyl (C=O) groups excluding carboxylic acids is 1. The number of carbonyl (C=O) groups is 1. The molecule has 0 saturated carbocycles. The first kappa shape index (κ1) is 18.5. The molecule has 1 unspecified atom stereocenters. The third-order valence-corrected chi connectivity index (χ3v) is 2.86. The van der Waals surface area contributed by atoms with Gasteiger partial charge in [-0.3, -0.25) is 4.79 Å². The van der Waals surface area contributed by atoms with E-state index < -0.39 is 17.7 Å². The molecule has 0 bridgehead atoms. The highest BCUT2D eigenvalue weighted by Gasteiger charge is 2.19. The molecule has 1 amide bonds. The van der Waals surface area contributed by atoms with E-state index in [1.807, 2.05) is 6.07 Å². The number of rotatable bonds is 5. The van der Waals surface area contributed by atoms with Gasteiger partial charge < -0.3 is 15.0 Å². The summed E-state index contributed by atoms with van der Waals surface area (Å²) < 4.78 is 6.35. The Balaban J connectivity index is 2.54. The molecule has 8 heteroatoms. The lowest BCUT2D eigenvalue weighted by Gasteiger charge is -2.24. The van der Waals surface area contributed by atoms with Crippen molar-refractivity contribution < 1.29 is 9.53 Å². The average Bonchev–Trinajstić information content (AvgIpc) is 2.44. The highest BCUT2D eigenvalue weighted by Crippen LogP contribution is 2.09. The Labute approximate surface area is 135 Å². The van der Waals surface area contributed by atoms with Crippen LogP contribution in [-0.2, 0) is 4.74 Å². The maximum Gasteiger partial charge on any atom is 0.410 e. The van der Waals surface area contributed by atoms with Crippen molar-refractivity contribution in [1.29, 1.82) is 5.26 Å². The highest BCUT2D eigenvalue weighted by atomic mass is 16.6. The number of hydrogen-bond acceptors (Lipinski definition) is 6. The number of aromatic nitrogens is 2. The second-order valence-electron chi connectivity index (χ2n) is 6.16. The van der Waals surface area contributed by atoms with E-state index in [0.717, 1.165) is 4.68 Å². The van der Waals surface area contributed by atoms with Crippen LogP contribution in [0.5, 0.6) is 0 Å². The van der Waals surface area contributed by atoms with E-state index in [1.165, 1.54) is 17.2 Å². The maximum atomic E-state index is 11.8. The monoisotopic (exact) mass is 321 g/mol. The molecule has 0 spiro atoms. The summed E-state index contributed by atoms with van der Waals surface area (Å²) in [5, 5.41) is 15.8. The summed E-state index contributed by atoms with van der Waals surface area (Å²) in [6, 6.07) is 2.71. The molecule has 0 aliphatic rings. The number of hydrogen-bond donors (Lipinski definition) is 1. The van der Waals surface area contributed by atoms with Gasteiger partial charge in [-0.15, -0.1) is 0 Å². The molecule has 0 aromatic carbocycles. The van der Waals surface area contributed by atoms with E-state index in [4.69, 9.17) is 10.00 Å². The Kier molecular flexibility index (Phi) is 6.13. The molecule has 126 valence electrons. The van der Waals surface area contributed by atoms with Crippen molar-refractivity contribution >= 4 is 11.8 Å². The Morgan fingerprint density at radius 2 is 2.22 bits per heavy atom. The van der Waals surface area contributed by atoms with Crippen LogP contribution >= 0.6 is 0 Å². The zero-order chi connectivity index (χ0) is 17.6. The Morgan fingerprint density at radius 3 is 2.74 bits per heavy atom. The first-order chi connectivity index (χ1) is 10.6. The predicted octanol–water partition coefficient (Wildman–Crippen LogP) is 1.61. The van der Waals surface area contributed by atoms with Crippen LogP contribution in [0.4, 0.5) is 10.5 Å². The molecule has 1 aromatic heterocycles. The van der Waals surface area contributed by atoms with Crippen LogP contribution in [0.1, 0.15) is 33.7 Å². The van der Waals surface area contributed by atoms with Gasteiger partial charge in [0.2, 0.25) is 0 Å². The lowest BCUT2D eigenvalue weighted by Crippen LogP contribution is -2.36. The lowest BCUT2D eigenvalue weighted by atomic mass is 10.2. The van der Waals surface area contributed by atoms with Crippen molar-refractivity contribution in [3.05, 3.63) is 22.6 Å². The van der Waals surface area contributed by atoms with Crippen LogP contribution in [-0.4, -0.2) is 46.5 Å². The summed E-state index contributed by atoms with van der Waals surface area (Å²) in [5.41, 5.74) is -0.358. The third-order valence-electron chi connectivity index (χ3n) is 2.86. The van der Waals surface area contributed by atoms with Crippen LogP contribution in [0.2, 0.25) is 0 Å². The standard InChI is InChI=1S/C15H23N5O3/c1-11(9-16)20-13(21)8-12(10-18-20)17-6-7-19(5)14(22)23-15(2,3)4/h8,10-11,17H,6-7H2,1-5H3. The summed E-state index contributed by atoms with van der Waals surface area (Å²) >= 11 is 0. The van der Waals surface area contributed by atoms with Gasteiger partial charge in [0.25, 0.3) is 5.56 Å². The van der Waals surface area contributed by atoms with Gasteiger partial charge in [-0.1, -0.05) is 0 Å². The van der Waals surface area contributed by atoms with E-state index in [-0.39, 0.29) is 5.56 Å². The summed E-state index contributed by atoms with van der Waals surface area (Å²) in [5.74, 6) is 0. The zero-order valence-electron chi connectivity index (χ0n) is 14.2. The molecule has 23 heavy (non-hydrogen) atoms. The van der Waals surface area contributed by atoms with E-state index >= 15 is 0 Å². The van der Waals surface area contributed by atoms with E-state index in [1.54, 1.807) is 34.7 Å². The summed E-state index contributed by atoms with van der Waals surface area (Å²) in [6.45, 7) is 7.86. The van der Waals surface area contributed by atoms with Crippen molar-refractivity contribution in [2.24, 2.45) is 0 Å².